The van der Waals surface area contributed by atoms with Gasteiger partial charge < -0.3 is 15.5 Å². The number of phenols is 1. The number of nitrogens with one attached hydrogen (secondary N) is 1. The van der Waals surface area contributed by atoms with Crippen LogP contribution in [0.5, 0.6) is 5.75 Å². The molecule has 0 aromatic heterocycles. The first kappa shape index (κ1) is 13.4. The van der Waals surface area contributed by atoms with E-state index in [9.17, 15) is 15.0 Å². The van der Waals surface area contributed by atoms with Crippen molar-refractivity contribution < 1.29 is 15.0 Å². The van der Waals surface area contributed by atoms with Gasteiger partial charge in [-0.15, -0.1) is 0 Å². The number of hydrogen-bond donors (Lipinski definition) is 3. The van der Waals surface area contributed by atoms with E-state index in [-0.39, 0.29) is 23.8 Å². The highest BCUT2D eigenvalue weighted by atomic mass is 79.9. The third-order valence-electron chi connectivity index (χ3n) is 3.24. The number of aliphatic hydroxyl groups is 1. The van der Waals surface area contributed by atoms with E-state index < -0.39 is 0 Å². The van der Waals surface area contributed by atoms with Gasteiger partial charge in [0.25, 0.3) is 5.91 Å². The van der Waals surface area contributed by atoms with E-state index in [1.54, 1.807) is 12.1 Å². The minimum absolute atomic E-state index is 0.0571. The van der Waals surface area contributed by atoms with E-state index in [1.807, 2.05) is 0 Å². The molecule has 1 aromatic carbocycles. The smallest absolute Gasteiger partial charge is 0.251 e. The maximum Gasteiger partial charge on any atom is 0.251 e. The monoisotopic (exact) mass is 313 g/mol. The summed E-state index contributed by atoms with van der Waals surface area (Å²) in [6.45, 7) is 0. The lowest BCUT2D eigenvalue weighted by molar-refractivity contribution is 0.0867. The predicted octanol–water partition coefficient (Wildman–Crippen LogP) is 2.19. The number of phenolic OH excluding ortho intramolecular Hbond substituents is 1. The normalized spacial score (nSPS) is 23.7. The van der Waals surface area contributed by atoms with Gasteiger partial charge in [0.1, 0.15) is 5.75 Å². The second-order valence-electron chi connectivity index (χ2n) is 4.65. The number of rotatable bonds is 2. The van der Waals surface area contributed by atoms with Gasteiger partial charge >= 0.3 is 0 Å². The molecule has 1 aliphatic carbocycles. The fourth-order valence-electron chi connectivity index (χ4n) is 2.14. The first-order valence-electron chi connectivity index (χ1n) is 6.03. The zero-order valence-electron chi connectivity index (χ0n) is 9.90. The lowest BCUT2D eigenvalue weighted by atomic mass is 9.93. The molecule has 2 rings (SSSR count). The lowest BCUT2D eigenvalue weighted by Crippen LogP contribution is -2.38. The molecule has 1 aromatic rings. The number of aliphatic hydroxyl groups excluding tert-OH is 1. The van der Waals surface area contributed by atoms with Crippen LogP contribution in [0.15, 0.2) is 22.7 Å². The van der Waals surface area contributed by atoms with Gasteiger partial charge in [0, 0.05) is 11.6 Å². The van der Waals surface area contributed by atoms with Crippen molar-refractivity contribution in [2.45, 2.75) is 37.8 Å². The van der Waals surface area contributed by atoms with Crippen LogP contribution in [0.3, 0.4) is 0 Å². The Kier molecular flexibility index (Phi) is 4.24. The van der Waals surface area contributed by atoms with Crippen LogP contribution in [0.4, 0.5) is 0 Å². The molecule has 0 bridgehead atoms. The van der Waals surface area contributed by atoms with Gasteiger partial charge in [0.2, 0.25) is 0 Å². The van der Waals surface area contributed by atoms with Gasteiger partial charge in [0.05, 0.1) is 10.6 Å². The Balaban J connectivity index is 1.97. The molecule has 0 saturated heterocycles. The molecule has 5 heteroatoms. The highest BCUT2D eigenvalue weighted by molar-refractivity contribution is 9.10. The van der Waals surface area contributed by atoms with Crippen LogP contribution in [0, 0.1) is 0 Å². The van der Waals surface area contributed by atoms with Gasteiger partial charge in [-0.25, -0.2) is 0 Å². The topological polar surface area (TPSA) is 69.6 Å². The molecular formula is C13H16BrNO3. The molecule has 0 spiro atoms. The average Bonchev–Trinajstić information content (AvgIpc) is 2.35. The molecule has 4 nitrogen and oxygen atoms in total. The zero-order valence-corrected chi connectivity index (χ0v) is 11.5. The SMILES string of the molecule is O=C(NC1CCC(O)CC1)c1ccc(Br)c(O)c1. The first-order chi connectivity index (χ1) is 8.56. The van der Waals surface area contributed by atoms with Crippen molar-refractivity contribution in [2.75, 3.05) is 0 Å². The van der Waals surface area contributed by atoms with Gasteiger partial charge in [-0.1, -0.05) is 0 Å². The number of amides is 1. The average molecular weight is 314 g/mol. The van der Waals surface area contributed by atoms with Crippen molar-refractivity contribution in [3.05, 3.63) is 28.2 Å². The molecule has 0 aliphatic heterocycles. The van der Waals surface area contributed by atoms with Crippen LogP contribution in [0.2, 0.25) is 0 Å². The number of halogens is 1. The number of hydrogen-bond acceptors (Lipinski definition) is 3. The molecule has 0 radical (unpaired) electrons. The van der Waals surface area contributed by atoms with Crippen molar-refractivity contribution in [3.8, 4) is 5.75 Å². The van der Waals surface area contributed by atoms with E-state index in [4.69, 9.17) is 0 Å². The van der Waals surface area contributed by atoms with E-state index in [0.717, 1.165) is 25.7 Å². The van der Waals surface area contributed by atoms with Gasteiger partial charge in [-0.05, 0) is 59.8 Å². The fraction of sp³-hybridized carbons (Fsp3) is 0.462. The quantitative estimate of drug-likeness (QED) is 0.784. The van der Waals surface area contributed by atoms with Crippen molar-refractivity contribution in [1.82, 2.24) is 5.32 Å². The third-order valence-corrected chi connectivity index (χ3v) is 3.91. The summed E-state index contributed by atoms with van der Waals surface area (Å²) in [6.07, 6.45) is 2.84. The standard InChI is InChI=1S/C13H16BrNO3/c14-11-6-1-8(7-12(11)17)13(18)15-9-2-4-10(16)5-3-9/h1,6-7,9-10,16-17H,2-5H2,(H,15,18). The molecule has 0 atom stereocenters. The molecule has 0 unspecified atom stereocenters. The molecule has 98 valence electrons. The maximum atomic E-state index is 12.0. The number of benzene rings is 1. The number of aromatic hydroxyl groups is 1. The molecule has 1 saturated carbocycles. The van der Waals surface area contributed by atoms with E-state index >= 15 is 0 Å². The second kappa shape index (κ2) is 5.71. The Labute approximate surface area is 114 Å². The van der Waals surface area contributed by atoms with E-state index in [1.165, 1.54) is 6.07 Å². The van der Waals surface area contributed by atoms with Crippen molar-refractivity contribution in [2.24, 2.45) is 0 Å². The summed E-state index contributed by atoms with van der Waals surface area (Å²) in [5, 5.41) is 21.8. The van der Waals surface area contributed by atoms with Gasteiger partial charge in [0.15, 0.2) is 0 Å². The van der Waals surface area contributed by atoms with Crippen molar-refractivity contribution in [3.63, 3.8) is 0 Å². The summed E-state index contributed by atoms with van der Waals surface area (Å²) in [6, 6.07) is 4.87. The fourth-order valence-corrected chi connectivity index (χ4v) is 2.39. The zero-order chi connectivity index (χ0) is 13.1. The highest BCUT2D eigenvalue weighted by Crippen LogP contribution is 2.24. The summed E-state index contributed by atoms with van der Waals surface area (Å²) >= 11 is 3.17. The summed E-state index contributed by atoms with van der Waals surface area (Å²) in [5.41, 5.74) is 0.446. The first-order valence-corrected chi connectivity index (χ1v) is 6.83. The Morgan fingerprint density at radius 2 is 1.94 bits per heavy atom. The van der Waals surface area contributed by atoms with Crippen LogP contribution in [-0.4, -0.2) is 28.3 Å². The number of carbonyl (C=O) groups excluding carboxylic acids is 1. The summed E-state index contributed by atoms with van der Waals surface area (Å²) < 4.78 is 0.569. The van der Waals surface area contributed by atoms with Crippen LogP contribution >= 0.6 is 15.9 Å². The Morgan fingerprint density at radius 3 is 2.56 bits per heavy atom. The summed E-state index contributed by atoms with van der Waals surface area (Å²) in [5.74, 6) is -0.124. The minimum atomic E-state index is -0.227. The van der Waals surface area contributed by atoms with Crippen molar-refractivity contribution in [1.29, 1.82) is 0 Å². The molecule has 3 N–H and O–H groups in total. The van der Waals surface area contributed by atoms with E-state index in [2.05, 4.69) is 21.2 Å². The predicted molar refractivity (Wildman–Crippen MR) is 71.5 cm³/mol. The summed E-state index contributed by atoms with van der Waals surface area (Å²) in [7, 11) is 0. The maximum absolute atomic E-state index is 12.0. The highest BCUT2D eigenvalue weighted by Gasteiger charge is 2.21. The molecule has 0 heterocycles. The van der Waals surface area contributed by atoms with Crippen LogP contribution in [-0.2, 0) is 0 Å². The molecule has 1 amide bonds. The van der Waals surface area contributed by atoms with Gasteiger partial charge in [-0.2, -0.15) is 0 Å². The minimum Gasteiger partial charge on any atom is -0.507 e. The second-order valence-corrected chi connectivity index (χ2v) is 5.50. The molecular weight excluding hydrogens is 298 g/mol. The van der Waals surface area contributed by atoms with Crippen LogP contribution < -0.4 is 5.32 Å². The molecule has 1 fully saturated rings. The third kappa shape index (κ3) is 3.23. The van der Waals surface area contributed by atoms with Crippen molar-refractivity contribution >= 4 is 21.8 Å². The Bertz CT molecular complexity index is 442. The summed E-state index contributed by atoms with van der Waals surface area (Å²) in [4.78, 5) is 12.0. The van der Waals surface area contributed by atoms with Crippen LogP contribution in [0.25, 0.3) is 0 Å². The molecule has 1 aliphatic rings. The number of carbonyl (C=O) groups is 1. The van der Waals surface area contributed by atoms with Gasteiger partial charge in [-0.3, -0.25) is 4.79 Å². The molecule has 18 heavy (non-hydrogen) atoms. The largest absolute Gasteiger partial charge is 0.507 e. The van der Waals surface area contributed by atoms with E-state index in [0.29, 0.717) is 10.0 Å². The Hall–Kier alpha value is -1.07. The Morgan fingerprint density at radius 1 is 1.28 bits per heavy atom. The lowest BCUT2D eigenvalue weighted by Gasteiger charge is -2.26. The van der Waals surface area contributed by atoms with Crippen LogP contribution in [0.1, 0.15) is 36.0 Å².